The third-order valence-electron chi connectivity index (χ3n) is 7.92. The number of methoxy groups -OCH3 is 1. The molecule has 0 aliphatic heterocycles. The standard InChI is InChI=1S/C39H31N2O2P/c1-27(28-14-6-3-7-15-28)43-39-34-21-13-12-20-33(34)38(40-41-39)37-35-26-30(42-2)24-22-29(35)23-25-36(37)44(31-16-8-4-9-17-31)32-18-10-5-11-19-32/h3-27H,1-2H3. The van der Waals surface area contributed by atoms with Gasteiger partial charge in [0.2, 0.25) is 5.88 Å². The molecule has 7 aromatic rings. The molecule has 0 aliphatic carbocycles. The Bertz CT molecular complexity index is 2010. The Kier molecular flexibility index (Phi) is 7.75. The van der Waals surface area contributed by atoms with Crippen molar-refractivity contribution in [2.24, 2.45) is 0 Å². The molecule has 0 saturated heterocycles. The van der Waals surface area contributed by atoms with Crippen LogP contribution in [0.25, 0.3) is 32.8 Å². The number of hydrogen-bond acceptors (Lipinski definition) is 4. The molecule has 0 radical (unpaired) electrons. The van der Waals surface area contributed by atoms with Crippen molar-refractivity contribution >= 4 is 45.4 Å². The first-order valence-corrected chi connectivity index (χ1v) is 16.0. The van der Waals surface area contributed by atoms with E-state index in [1.165, 1.54) is 15.9 Å². The normalized spacial score (nSPS) is 12.0. The molecule has 7 rings (SSSR count). The Morgan fingerprint density at radius 1 is 0.591 bits per heavy atom. The molecule has 1 heterocycles. The van der Waals surface area contributed by atoms with Crippen LogP contribution in [-0.4, -0.2) is 17.3 Å². The molecule has 1 atom stereocenters. The van der Waals surface area contributed by atoms with Gasteiger partial charge in [0, 0.05) is 16.3 Å². The molecule has 0 N–H and O–H groups in total. The average molecular weight is 591 g/mol. The molecule has 1 aromatic heterocycles. The topological polar surface area (TPSA) is 44.2 Å². The van der Waals surface area contributed by atoms with Gasteiger partial charge in [-0.2, -0.15) is 0 Å². The number of ether oxygens (including phenoxy) is 2. The van der Waals surface area contributed by atoms with Gasteiger partial charge >= 0.3 is 0 Å². The van der Waals surface area contributed by atoms with Gasteiger partial charge < -0.3 is 9.47 Å². The zero-order valence-electron chi connectivity index (χ0n) is 24.6. The molecular weight excluding hydrogens is 559 g/mol. The van der Waals surface area contributed by atoms with Crippen molar-refractivity contribution in [3.05, 3.63) is 151 Å². The first-order chi connectivity index (χ1) is 21.7. The number of nitrogens with zero attached hydrogens (tertiary/aromatic N) is 2. The van der Waals surface area contributed by atoms with Crippen LogP contribution in [0.1, 0.15) is 18.6 Å². The van der Waals surface area contributed by atoms with Crippen molar-refractivity contribution in [2.75, 3.05) is 7.11 Å². The van der Waals surface area contributed by atoms with Gasteiger partial charge in [0.25, 0.3) is 0 Å². The monoisotopic (exact) mass is 590 g/mol. The van der Waals surface area contributed by atoms with E-state index in [1.807, 2.05) is 37.3 Å². The maximum atomic E-state index is 6.46. The van der Waals surface area contributed by atoms with Gasteiger partial charge in [0.15, 0.2) is 0 Å². The highest BCUT2D eigenvalue weighted by atomic mass is 31.1. The van der Waals surface area contributed by atoms with E-state index in [-0.39, 0.29) is 6.10 Å². The Morgan fingerprint density at radius 2 is 1.18 bits per heavy atom. The minimum Gasteiger partial charge on any atom is -0.497 e. The molecule has 4 nitrogen and oxygen atoms in total. The Morgan fingerprint density at radius 3 is 1.84 bits per heavy atom. The van der Waals surface area contributed by atoms with Gasteiger partial charge in [0.05, 0.1) is 7.11 Å². The van der Waals surface area contributed by atoms with Gasteiger partial charge in [-0.3, -0.25) is 0 Å². The summed E-state index contributed by atoms with van der Waals surface area (Å²) in [6.07, 6.45) is -0.180. The predicted octanol–water partition coefficient (Wildman–Crippen LogP) is 8.36. The molecule has 0 saturated carbocycles. The van der Waals surface area contributed by atoms with Crippen LogP contribution < -0.4 is 25.4 Å². The Balaban J connectivity index is 1.49. The van der Waals surface area contributed by atoms with E-state index in [4.69, 9.17) is 19.7 Å². The fourth-order valence-electron chi connectivity index (χ4n) is 5.74. The minimum absolute atomic E-state index is 0.180. The summed E-state index contributed by atoms with van der Waals surface area (Å²) in [7, 11) is 0.784. The summed E-state index contributed by atoms with van der Waals surface area (Å²) < 4.78 is 12.2. The summed E-state index contributed by atoms with van der Waals surface area (Å²) in [5.41, 5.74) is 2.97. The molecule has 6 aromatic carbocycles. The molecule has 5 heteroatoms. The van der Waals surface area contributed by atoms with Crippen molar-refractivity contribution in [3.8, 4) is 22.9 Å². The number of aromatic nitrogens is 2. The minimum atomic E-state index is -0.925. The maximum Gasteiger partial charge on any atom is 0.242 e. The van der Waals surface area contributed by atoms with Crippen LogP contribution >= 0.6 is 7.92 Å². The fraction of sp³-hybridized carbons (Fsp3) is 0.0769. The second-order valence-corrected chi connectivity index (χ2v) is 12.8. The smallest absolute Gasteiger partial charge is 0.242 e. The van der Waals surface area contributed by atoms with E-state index in [0.29, 0.717) is 5.88 Å². The largest absolute Gasteiger partial charge is 0.497 e. The molecule has 0 fully saturated rings. The number of benzene rings is 6. The Hall–Kier alpha value is -5.05. The van der Waals surface area contributed by atoms with Gasteiger partial charge in [0.1, 0.15) is 17.5 Å². The maximum absolute atomic E-state index is 6.46. The first kappa shape index (κ1) is 27.8. The van der Waals surface area contributed by atoms with Crippen molar-refractivity contribution in [1.29, 1.82) is 0 Å². The van der Waals surface area contributed by atoms with Gasteiger partial charge in [-0.15, -0.1) is 10.2 Å². The molecular formula is C39H31N2O2P. The molecule has 0 amide bonds. The van der Waals surface area contributed by atoms with Crippen LogP contribution in [0.5, 0.6) is 11.6 Å². The average Bonchev–Trinajstić information content (AvgIpc) is 3.09. The van der Waals surface area contributed by atoms with E-state index in [1.54, 1.807) is 7.11 Å². The second kappa shape index (κ2) is 12.3. The lowest BCUT2D eigenvalue weighted by atomic mass is 9.98. The molecule has 1 unspecified atom stereocenters. The van der Waals surface area contributed by atoms with Crippen LogP contribution in [0, 0.1) is 0 Å². The van der Waals surface area contributed by atoms with Crippen LogP contribution in [0.15, 0.2) is 146 Å². The predicted molar refractivity (Wildman–Crippen MR) is 183 cm³/mol. The Labute approximate surface area is 258 Å². The molecule has 0 spiro atoms. The molecule has 214 valence electrons. The second-order valence-electron chi connectivity index (χ2n) is 10.6. The summed E-state index contributed by atoms with van der Waals surface area (Å²) in [5.74, 6) is 1.32. The lowest BCUT2D eigenvalue weighted by molar-refractivity contribution is 0.218. The summed E-state index contributed by atoms with van der Waals surface area (Å²) in [6.45, 7) is 2.04. The summed E-state index contributed by atoms with van der Waals surface area (Å²) in [4.78, 5) is 0. The summed E-state index contributed by atoms with van der Waals surface area (Å²) in [6, 6.07) is 50.7. The number of rotatable bonds is 8. The highest BCUT2D eigenvalue weighted by Crippen LogP contribution is 2.43. The van der Waals surface area contributed by atoms with E-state index >= 15 is 0 Å². The molecule has 0 bridgehead atoms. The van der Waals surface area contributed by atoms with Gasteiger partial charge in [-0.05, 0) is 65.3 Å². The van der Waals surface area contributed by atoms with Crippen molar-refractivity contribution in [2.45, 2.75) is 13.0 Å². The molecule has 0 aliphatic rings. The highest BCUT2D eigenvalue weighted by Gasteiger charge is 2.25. The number of fused-ring (bicyclic) bond motifs is 2. The van der Waals surface area contributed by atoms with E-state index in [0.717, 1.165) is 44.1 Å². The van der Waals surface area contributed by atoms with Crippen LogP contribution in [-0.2, 0) is 0 Å². The van der Waals surface area contributed by atoms with E-state index in [9.17, 15) is 0 Å². The highest BCUT2D eigenvalue weighted by molar-refractivity contribution is 7.80. The van der Waals surface area contributed by atoms with Crippen molar-refractivity contribution in [1.82, 2.24) is 10.2 Å². The lowest BCUT2D eigenvalue weighted by Crippen LogP contribution is -2.22. The fourth-order valence-corrected chi connectivity index (χ4v) is 8.21. The van der Waals surface area contributed by atoms with E-state index < -0.39 is 7.92 Å². The SMILES string of the molecule is COc1ccc2ccc(P(c3ccccc3)c3ccccc3)c(-c3nnc(OC(C)c4ccccc4)c4ccccc34)c2c1. The number of hydrogen-bond donors (Lipinski definition) is 0. The summed E-state index contributed by atoms with van der Waals surface area (Å²) in [5, 5.41) is 17.6. The first-order valence-electron chi connectivity index (χ1n) is 14.7. The van der Waals surface area contributed by atoms with Gasteiger partial charge in [-0.25, -0.2) is 0 Å². The van der Waals surface area contributed by atoms with E-state index in [2.05, 4.69) is 115 Å². The third-order valence-corrected chi connectivity index (χ3v) is 10.4. The van der Waals surface area contributed by atoms with Gasteiger partial charge in [-0.1, -0.05) is 127 Å². The quantitative estimate of drug-likeness (QED) is 0.167. The van der Waals surface area contributed by atoms with Crippen LogP contribution in [0.3, 0.4) is 0 Å². The van der Waals surface area contributed by atoms with Crippen LogP contribution in [0.4, 0.5) is 0 Å². The third kappa shape index (κ3) is 5.30. The van der Waals surface area contributed by atoms with Crippen molar-refractivity contribution < 1.29 is 9.47 Å². The zero-order chi connectivity index (χ0) is 29.9. The zero-order valence-corrected chi connectivity index (χ0v) is 25.5. The lowest BCUT2D eigenvalue weighted by Gasteiger charge is -2.24. The van der Waals surface area contributed by atoms with Crippen LogP contribution in [0.2, 0.25) is 0 Å². The summed E-state index contributed by atoms with van der Waals surface area (Å²) >= 11 is 0. The van der Waals surface area contributed by atoms with Crippen molar-refractivity contribution in [3.63, 3.8) is 0 Å². The molecule has 44 heavy (non-hydrogen) atoms.